The molecule has 6 heteroatoms. The van der Waals surface area contributed by atoms with Gasteiger partial charge >= 0.3 is 0 Å². The van der Waals surface area contributed by atoms with E-state index in [-0.39, 0.29) is 5.91 Å². The van der Waals surface area contributed by atoms with Gasteiger partial charge in [-0.1, -0.05) is 18.2 Å². The fourth-order valence-electron chi connectivity index (χ4n) is 4.57. The van der Waals surface area contributed by atoms with E-state index < -0.39 is 0 Å². The predicted molar refractivity (Wildman–Crippen MR) is 115 cm³/mol. The molecular weight excluding hydrogens is 364 g/mol. The zero-order chi connectivity index (χ0) is 20.6. The summed E-state index contributed by atoms with van der Waals surface area (Å²) in [6.07, 6.45) is 3.25. The van der Waals surface area contributed by atoms with E-state index in [0.717, 1.165) is 51.3 Å². The van der Waals surface area contributed by atoms with Gasteiger partial charge in [-0.2, -0.15) is 5.26 Å². The summed E-state index contributed by atoms with van der Waals surface area (Å²) < 4.78 is 5.84. The number of amides is 1. The summed E-state index contributed by atoms with van der Waals surface area (Å²) in [6.45, 7) is 10.3. The van der Waals surface area contributed by atoms with E-state index in [1.165, 1.54) is 0 Å². The van der Waals surface area contributed by atoms with E-state index in [4.69, 9.17) is 10.00 Å². The van der Waals surface area contributed by atoms with Crippen LogP contribution in [0, 0.1) is 17.2 Å². The second-order valence-corrected chi connectivity index (χ2v) is 8.48. The normalized spacial score (nSPS) is 24.2. The van der Waals surface area contributed by atoms with Crippen LogP contribution in [-0.4, -0.2) is 73.7 Å². The van der Waals surface area contributed by atoms with Crippen molar-refractivity contribution in [1.82, 2.24) is 9.80 Å². The Balaban J connectivity index is 1.47. The number of carbonyl (C=O) groups excluding carboxylic acids is 1. The first-order valence-electron chi connectivity index (χ1n) is 10.9. The molecule has 0 N–H and O–H groups in total. The van der Waals surface area contributed by atoms with Crippen LogP contribution >= 0.6 is 0 Å². The monoisotopic (exact) mass is 398 g/mol. The molecule has 29 heavy (non-hydrogen) atoms. The number of nitriles is 1. The van der Waals surface area contributed by atoms with Crippen molar-refractivity contribution in [1.29, 1.82) is 5.26 Å². The molecule has 2 heterocycles. The Morgan fingerprint density at radius 1 is 1.14 bits per heavy atom. The molecule has 2 aliphatic rings. The summed E-state index contributed by atoms with van der Waals surface area (Å²) in [5.41, 5.74) is 0.873. The van der Waals surface area contributed by atoms with Crippen molar-refractivity contribution in [2.24, 2.45) is 5.92 Å². The van der Waals surface area contributed by atoms with Crippen molar-refractivity contribution < 1.29 is 9.53 Å². The molecule has 6 nitrogen and oxygen atoms in total. The second-order valence-electron chi connectivity index (χ2n) is 8.48. The van der Waals surface area contributed by atoms with Gasteiger partial charge in [-0.3, -0.25) is 14.6 Å². The Morgan fingerprint density at radius 3 is 2.41 bits per heavy atom. The average molecular weight is 399 g/mol. The van der Waals surface area contributed by atoms with Crippen molar-refractivity contribution in [3.8, 4) is 6.07 Å². The molecule has 3 rings (SSSR count). The molecule has 2 unspecified atom stereocenters. The summed E-state index contributed by atoms with van der Waals surface area (Å²) in [4.78, 5) is 19.5. The summed E-state index contributed by atoms with van der Waals surface area (Å²) in [5, 5.41) is 8.95. The molecule has 1 aromatic rings. The number of hydrogen-bond donors (Lipinski definition) is 0. The zero-order valence-corrected chi connectivity index (χ0v) is 17.8. The van der Waals surface area contributed by atoms with Crippen molar-refractivity contribution in [2.75, 3.05) is 50.7 Å². The molecule has 0 radical (unpaired) electrons. The third kappa shape index (κ3) is 6.53. The molecule has 1 amide bonds. The van der Waals surface area contributed by atoms with Crippen LogP contribution in [0.3, 0.4) is 0 Å². The third-order valence-electron chi connectivity index (χ3n) is 5.89. The Morgan fingerprint density at radius 2 is 1.79 bits per heavy atom. The predicted octanol–water partition coefficient (Wildman–Crippen LogP) is 2.75. The van der Waals surface area contributed by atoms with E-state index in [2.05, 4.69) is 29.7 Å². The highest BCUT2D eigenvalue weighted by Gasteiger charge is 2.28. The minimum atomic E-state index is 0.0840. The van der Waals surface area contributed by atoms with Crippen LogP contribution in [0.15, 0.2) is 30.3 Å². The second kappa shape index (κ2) is 10.7. The van der Waals surface area contributed by atoms with Gasteiger partial charge in [0.2, 0.25) is 5.91 Å². The lowest BCUT2D eigenvalue weighted by Crippen LogP contribution is -2.49. The smallest absolute Gasteiger partial charge is 0.241 e. The maximum atomic E-state index is 12.9. The SMILES string of the molecule is CC1CN(CC2CCN(CC(=O)N(CCC#N)c3ccccc3)CC2)CC(C)O1. The number of rotatable bonds is 7. The maximum absolute atomic E-state index is 12.9. The Hall–Kier alpha value is -1.94. The fraction of sp³-hybridized carbons (Fsp3) is 0.652. The minimum Gasteiger partial charge on any atom is -0.373 e. The van der Waals surface area contributed by atoms with Crippen molar-refractivity contribution in [3.05, 3.63) is 30.3 Å². The molecule has 2 fully saturated rings. The molecule has 158 valence electrons. The first kappa shape index (κ1) is 21.8. The fourth-order valence-corrected chi connectivity index (χ4v) is 4.57. The summed E-state index contributed by atoms with van der Waals surface area (Å²) in [6, 6.07) is 11.8. The molecule has 2 saturated heterocycles. The number of anilines is 1. The van der Waals surface area contributed by atoms with Crippen molar-refractivity contribution in [3.63, 3.8) is 0 Å². The summed E-state index contributed by atoms with van der Waals surface area (Å²) in [5.74, 6) is 0.781. The first-order chi connectivity index (χ1) is 14.0. The summed E-state index contributed by atoms with van der Waals surface area (Å²) >= 11 is 0. The van der Waals surface area contributed by atoms with Gasteiger partial charge in [0, 0.05) is 31.9 Å². The van der Waals surface area contributed by atoms with Gasteiger partial charge < -0.3 is 9.64 Å². The number of piperidine rings is 1. The van der Waals surface area contributed by atoms with Crippen LogP contribution in [0.2, 0.25) is 0 Å². The molecular formula is C23H34N4O2. The lowest BCUT2D eigenvalue weighted by molar-refractivity contribution is -0.120. The highest BCUT2D eigenvalue weighted by atomic mass is 16.5. The van der Waals surface area contributed by atoms with E-state index in [1.54, 1.807) is 4.90 Å². The molecule has 0 spiro atoms. The maximum Gasteiger partial charge on any atom is 0.241 e. The molecule has 2 aliphatic heterocycles. The minimum absolute atomic E-state index is 0.0840. The largest absolute Gasteiger partial charge is 0.373 e. The van der Waals surface area contributed by atoms with E-state index >= 15 is 0 Å². The number of nitrogens with zero attached hydrogens (tertiary/aromatic N) is 4. The molecule has 0 bridgehead atoms. The number of benzene rings is 1. The highest BCUT2D eigenvalue weighted by molar-refractivity contribution is 5.94. The van der Waals surface area contributed by atoms with Gasteiger partial charge in [0.1, 0.15) is 0 Å². The lowest BCUT2D eigenvalue weighted by atomic mass is 9.95. The van der Waals surface area contributed by atoms with Crippen LogP contribution in [0.1, 0.15) is 33.1 Å². The number of likely N-dealkylation sites (tertiary alicyclic amines) is 1. The Bertz CT molecular complexity index is 672. The first-order valence-corrected chi connectivity index (χ1v) is 10.9. The van der Waals surface area contributed by atoms with Gasteiger partial charge in [-0.05, 0) is 57.8 Å². The van der Waals surface area contributed by atoms with E-state index in [1.807, 2.05) is 30.3 Å². The standard InChI is InChI=1S/C23H34N4O2/c1-19-15-26(16-20(2)29-19)17-21-9-13-25(14-10-21)18-23(28)27(12-6-11-24)22-7-4-3-5-8-22/h3-5,7-8,19-21H,6,9-10,12-18H2,1-2H3. The Labute approximate surface area is 175 Å². The lowest BCUT2D eigenvalue weighted by Gasteiger charge is -2.39. The number of carbonyl (C=O) groups is 1. The van der Waals surface area contributed by atoms with Crippen LogP contribution < -0.4 is 4.90 Å². The Kier molecular flexibility index (Phi) is 8.05. The number of hydrogen-bond acceptors (Lipinski definition) is 5. The van der Waals surface area contributed by atoms with Gasteiger partial charge in [-0.15, -0.1) is 0 Å². The molecule has 2 atom stereocenters. The van der Waals surface area contributed by atoms with Crippen LogP contribution in [0.25, 0.3) is 0 Å². The van der Waals surface area contributed by atoms with Crippen molar-refractivity contribution in [2.45, 2.75) is 45.3 Å². The molecule has 1 aromatic carbocycles. The van der Waals surface area contributed by atoms with Gasteiger partial charge in [0.05, 0.1) is 31.2 Å². The third-order valence-corrected chi connectivity index (χ3v) is 5.89. The molecule has 0 aliphatic carbocycles. The quantitative estimate of drug-likeness (QED) is 0.707. The topological polar surface area (TPSA) is 59.8 Å². The number of ether oxygens (including phenoxy) is 1. The highest BCUT2D eigenvalue weighted by Crippen LogP contribution is 2.21. The summed E-state index contributed by atoms with van der Waals surface area (Å²) in [7, 11) is 0. The zero-order valence-electron chi connectivity index (χ0n) is 17.8. The van der Waals surface area contributed by atoms with Gasteiger partial charge in [0.15, 0.2) is 0 Å². The van der Waals surface area contributed by atoms with Crippen molar-refractivity contribution >= 4 is 11.6 Å². The number of para-hydroxylation sites is 1. The van der Waals surface area contributed by atoms with Crippen LogP contribution in [0.4, 0.5) is 5.69 Å². The van der Waals surface area contributed by atoms with E-state index in [9.17, 15) is 4.79 Å². The van der Waals surface area contributed by atoms with Crippen LogP contribution in [0.5, 0.6) is 0 Å². The molecule has 0 aromatic heterocycles. The molecule has 0 saturated carbocycles. The average Bonchev–Trinajstić information content (AvgIpc) is 2.70. The number of morpholine rings is 1. The van der Waals surface area contributed by atoms with Crippen LogP contribution in [-0.2, 0) is 9.53 Å². The van der Waals surface area contributed by atoms with Gasteiger partial charge in [-0.25, -0.2) is 0 Å². The van der Waals surface area contributed by atoms with Gasteiger partial charge in [0.25, 0.3) is 0 Å². The van der Waals surface area contributed by atoms with E-state index in [0.29, 0.717) is 37.6 Å².